The first-order valence-corrected chi connectivity index (χ1v) is 14.3. The predicted octanol–water partition coefficient (Wildman–Crippen LogP) is 4.49. The summed E-state index contributed by atoms with van der Waals surface area (Å²) < 4.78 is 6.07. The Hall–Kier alpha value is -4.88. The summed E-state index contributed by atoms with van der Waals surface area (Å²) in [5.74, 6) is -0.584. The van der Waals surface area contributed by atoms with E-state index < -0.39 is 18.0 Å². The lowest BCUT2D eigenvalue weighted by Gasteiger charge is -2.22. The molecule has 2 aromatic heterocycles. The van der Waals surface area contributed by atoms with Gasteiger partial charge in [0.1, 0.15) is 6.33 Å². The molecule has 44 heavy (non-hydrogen) atoms. The molecule has 1 saturated heterocycles. The molecule has 2 aromatic carbocycles. The maximum Gasteiger partial charge on any atom is 0.411 e. The summed E-state index contributed by atoms with van der Waals surface area (Å²) in [4.78, 5) is 39.8. The molecule has 1 fully saturated rings. The Morgan fingerprint density at radius 3 is 2.52 bits per heavy atom. The van der Waals surface area contributed by atoms with E-state index in [1.807, 2.05) is 0 Å². The number of carbonyl (C=O) groups excluding carboxylic acids is 3. The Bertz CT molecular complexity index is 1670. The highest BCUT2D eigenvalue weighted by Crippen LogP contribution is 2.29. The molecule has 15 heteroatoms. The van der Waals surface area contributed by atoms with Crippen LogP contribution in [0.25, 0.3) is 23.0 Å². The molecule has 1 unspecified atom stereocenters. The van der Waals surface area contributed by atoms with Crippen molar-refractivity contribution in [3.05, 3.63) is 82.2 Å². The minimum Gasteiger partial charge on any atom is -0.453 e. The van der Waals surface area contributed by atoms with Crippen LogP contribution >= 0.6 is 23.2 Å². The van der Waals surface area contributed by atoms with Crippen molar-refractivity contribution in [3.63, 3.8) is 0 Å². The van der Waals surface area contributed by atoms with Crippen LogP contribution in [0.4, 0.5) is 10.5 Å². The molecule has 0 aliphatic carbocycles. The van der Waals surface area contributed by atoms with E-state index in [2.05, 4.69) is 41.1 Å². The summed E-state index contributed by atoms with van der Waals surface area (Å²) >= 11 is 12.7. The lowest BCUT2D eigenvalue weighted by Crippen LogP contribution is -2.35. The van der Waals surface area contributed by atoms with Crippen molar-refractivity contribution in [3.8, 4) is 16.9 Å². The van der Waals surface area contributed by atoms with E-state index in [9.17, 15) is 14.4 Å². The highest BCUT2D eigenvalue weighted by molar-refractivity contribution is 6.31. The van der Waals surface area contributed by atoms with Crippen molar-refractivity contribution in [2.45, 2.75) is 25.3 Å². The number of nitrogens with one attached hydrogen (secondary N) is 2. The number of methoxy groups -OCH3 is 1. The van der Waals surface area contributed by atoms with Crippen molar-refractivity contribution < 1.29 is 19.1 Å². The van der Waals surface area contributed by atoms with Gasteiger partial charge in [-0.3, -0.25) is 14.9 Å². The van der Waals surface area contributed by atoms with Gasteiger partial charge < -0.3 is 15.0 Å². The Balaban J connectivity index is 1.41. The van der Waals surface area contributed by atoms with E-state index >= 15 is 0 Å². The standard InChI is InChI=1S/C29H27Cl2N9O4/c1-44-29(43)33-21-8-4-18(5-9-21)23-15-22(28(31)36-35-23)24(16-27(42)39-12-2-3-13-39)34-26(41)11-6-19-14-20(30)7-10-25(19)40-17-32-37-38-40/h4-11,14-15,17,24H,2-3,12-13,16H2,1H3,(H,33,43)(H,34,41)/b11-6+. The summed E-state index contributed by atoms with van der Waals surface area (Å²) in [5.41, 5.74) is 3.31. The highest BCUT2D eigenvalue weighted by atomic mass is 35.5. The van der Waals surface area contributed by atoms with Crippen LogP contribution in [0.5, 0.6) is 0 Å². The topological polar surface area (TPSA) is 157 Å². The van der Waals surface area contributed by atoms with Gasteiger partial charge in [-0.2, -0.15) is 4.68 Å². The number of halogens is 2. The van der Waals surface area contributed by atoms with Crippen LogP contribution in [0.2, 0.25) is 10.2 Å². The normalized spacial score (nSPS) is 13.6. The molecule has 3 amide bonds. The predicted molar refractivity (Wildman–Crippen MR) is 163 cm³/mol. The number of likely N-dealkylation sites (tertiary alicyclic amines) is 1. The number of benzene rings is 2. The zero-order valence-corrected chi connectivity index (χ0v) is 25.0. The van der Waals surface area contributed by atoms with E-state index in [1.165, 1.54) is 24.2 Å². The molecule has 1 aliphatic heterocycles. The lowest BCUT2D eigenvalue weighted by atomic mass is 10.0. The molecule has 4 aromatic rings. The third-order valence-electron chi connectivity index (χ3n) is 6.92. The number of ether oxygens (including phenoxy) is 1. The third-order valence-corrected chi connectivity index (χ3v) is 7.45. The smallest absolute Gasteiger partial charge is 0.411 e. The Morgan fingerprint density at radius 2 is 1.82 bits per heavy atom. The quantitative estimate of drug-likeness (QED) is 0.253. The van der Waals surface area contributed by atoms with Crippen LogP contribution in [0.3, 0.4) is 0 Å². The van der Waals surface area contributed by atoms with E-state index in [-0.39, 0.29) is 17.5 Å². The first kappa shape index (κ1) is 30.6. The summed E-state index contributed by atoms with van der Waals surface area (Å²) in [6, 6.07) is 12.8. The number of anilines is 1. The fraction of sp³-hybridized carbons (Fsp3) is 0.241. The molecule has 2 N–H and O–H groups in total. The summed E-state index contributed by atoms with van der Waals surface area (Å²) in [6.07, 6.45) is 5.58. The second-order valence-electron chi connectivity index (χ2n) is 9.81. The molecule has 0 spiro atoms. The zero-order valence-electron chi connectivity index (χ0n) is 23.5. The van der Waals surface area contributed by atoms with Crippen molar-refractivity contribution in [2.75, 3.05) is 25.5 Å². The SMILES string of the molecule is COC(=O)Nc1ccc(-c2cc(C(CC(=O)N3CCCC3)NC(=O)/C=C/c3cc(Cl)ccc3-n3cnnn3)c(Cl)nn2)cc1. The molecule has 0 bridgehead atoms. The van der Waals surface area contributed by atoms with Crippen molar-refractivity contribution in [2.24, 2.45) is 0 Å². The number of aromatic nitrogens is 6. The maximum atomic E-state index is 13.3. The maximum absolute atomic E-state index is 13.3. The van der Waals surface area contributed by atoms with E-state index in [4.69, 9.17) is 23.2 Å². The fourth-order valence-electron chi connectivity index (χ4n) is 4.70. The summed E-state index contributed by atoms with van der Waals surface area (Å²) in [7, 11) is 1.28. The van der Waals surface area contributed by atoms with Crippen LogP contribution in [-0.2, 0) is 14.3 Å². The first-order valence-electron chi connectivity index (χ1n) is 13.6. The molecule has 3 heterocycles. The van der Waals surface area contributed by atoms with Gasteiger partial charge in [-0.15, -0.1) is 15.3 Å². The molecule has 1 aliphatic rings. The van der Waals surface area contributed by atoms with Gasteiger partial charge in [0.05, 0.1) is 31.0 Å². The number of rotatable bonds is 9. The van der Waals surface area contributed by atoms with Crippen LogP contribution in [0.15, 0.2) is 60.9 Å². The largest absolute Gasteiger partial charge is 0.453 e. The average molecular weight is 636 g/mol. The van der Waals surface area contributed by atoms with Crippen LogP contribution in [-0.4, -0.2) is 73.4 Å². The third kappa shape index (κ3) is 7.54. The minimum absolute atomic E-state index is 0.0283. The molecule has 226 valence electrons. The number of carbonyl (C=O) groups is 3. The van der Waals surface area contributed by atoms with Crippen molar-refractivity contribution in [1.29, 1.82) is 0 Å². The molecular formula is C29H27Cl2N9O4. The van der Waals surface area contributed by atoms with E-state index in [0.717, 1.165) is 12.8 Å². The second kappa shape index (κ2) is 14.1. The molecule has 1 atom stereocenters. The molecule has 0 radical (unpaired) electrons. The Labute approximate surface area is 262 Å². The van der Waals surface area contributed by atoms with Gasteiger partial charge in [-0.05, 0) is 65.7 Å². The molecule has 5 rings (SSSR count). The van der Waals surface area contributed by atoms with Gasteiger partial charge in [0.2, 0.25) is 11.8 Å². The van der Waals surface area contributed by atoms with Crippen LogP contribution < -0.4 is 10.6 Å². The monoisotopic (exact) mass is 635 g/mol. The average Bonchev–Trinajstić information content (AvgIpc) is 3.76. The summed E-state index contributed by atoms with van der Waals surface area (Å²) in [6.45, 7) is 1.32. The molecular weight excluding hydrogens is 609 g/mol. The number of amides is 3. The van der Waals surface area contributed by atoms with E-state index in [0.29, 0.717) is 51.9 Å². The number of tetrazole rings is 1. The van der Waals surface area contributed by atoms with Crippen LogP contribution in [0.1, 0.15) is 36.4 Å². The lowest BCUT2D eigenvalue weighted by molar-refractivity contribution is -0.130. The summed E-state index contributed by atoms with van der Waals surface area (Å²) in [5, 5.41) is 25.6. The van der Waals surface area contributed by atoms with Gasteiger partial charge in [0.15, 0.2) is 5.15 Å². The first-order chi connectivity index (χ1) is 21.3. The Kier molecular flexibility index (Phi) is 9.77. The zero-order chi connectivity index (χ0) is 31.1. The van der Waals surface area contributed by atoms with Gasteiger partial charge in [0, 0.05) is 46.6 Å². The number of hydrogen-bond acceptors (Lipinski definition) is 9. The minimum atomic E-state index is -0.805. The Morgan fingerprint density at radius 1 is 1.05 bits per heavy atom. The van der Waals surface area contributed by atoms with Gasteiger partial charge in [0.25, 0.3) is 0 Å². The molecule has 13 nitrogen and oxygen atoms in total. The van der Waals surface area contributed by atoms with Crippen molar-refractivity contribution in [1.82, 2.24) is 40.6 Å². The van der Waals surface area contributed by atoms with Gasteiger partial charge >= 0.3 is 6.09 Å². The molecule has 0 saturated carbocycles. The van der Waals surface area contributed by atoms with Gasteiger partial charge in [-0.1, -0.05) is 35.3 Å². The fourth-order valence-corrected chi connectivity index (χ4v) is 5.11. The van der Waals surface area contributed by atoms with Gasteiger partial charge in [-0.25, -0.2) is 4.79 Å². The number of hydrogen-bond donors (Lipinski definition) is 2. The number of nitrogens with zero attached hydrogens (tertiary/aromatic N) is 7. The van der Waals surface area contributed by atoms with E-state index in [1.54, 1.807) is 59.5 Å². The van der Waals surface area contributed by atoms with Crippen LogP contribution in [0, 0.1) is 0 Å². The highest BCUT2D eigenvalue weighted by Gasteiger charge is 2.26. The second-order valence-corrected chi connectivity index (χ2v) is 10.6. The van der Waals surface area contributed by atoms with Crippen molar-refractivity contribution >= 4 is 52.9 Å².